The number of esters is 1. The summed E-state index contributed by atoms with van der Waals surface area (Å²) < 4.78 is 4.69. The molecule has 1 rings (SSSR count). The van der Waals surface area contributed by atoms with Gasteiger partial charge in [0.25, 0.3) is 0 Å². The zero-order chi connectivity index (χ0) is 8.27. The molecule has 1 aliphatic heterocycles. The van der Waals surface area contributed by atoms with Crippen LogP contribution >= 0.6 is 0 Å². The van der Waals surface area contributed by atoms with E-state index in [1.165, 1.54) is 7.11 Å². The molecule has 11 heavy (non-hydrogen) atoms. The van der Waals surface area contributed by atoms with Crippen molar-refractivity contribution < 1.29 is 14.4 Å². The molecule has 0 aromatic heterocycles. The lowest BCUT2D eigenvalue weighted by Gasteiger charge is -2.10. The van der Waals surface area contributed by atoms with Crippen molar-refractivity contribution in [2.24, 2.45) is 5.16 Å². The smallest absolute Gasteiger partial charge is 0.360 e. The number of carbonyl (C=O) groups excluding carboxylic acids is 1. The highest BCUT2D eigenvalue weighted by Gasteiger charge is 2.19. The number of oxime groups is 1. The van der Waals surface area contributed by atoms with Crippen LogP contribution < -0.4 is 0 Å². The van der Waals surface area contributed by atoms with Gasteiger partial charge in [0, 0.05) is 0 Å². The number of ether oxygens (including phenoxy) is 1. The Hall–Kier alpha value is -1.32. The predicted molar refractivity (Wildman–Crippen MR) is 39.2 cm³/mol. The van der Waals surface area contributed by atoms with Crippen molar-refractivity contribution in [3.8, 4) is 0 Å². The lowest BCUT2D eigenvalue weighted by Crippen LogP contribution is -2.23. The Morgan fingerprint density at radius 3 is 3.00 bits per heavy atom. The SMILES string of the molecule is CO/N=C1\C(=O)OCC=C1C. The summed E-state index contributed by atoms with van der Waals surface area (Å²) in [6.07, 6.45) is 1.78. The minimum atomic E-state index is -0.424. The third-order valence-corrected chi connectivity index (χ3v) is 1.35. The average Bonchev–Trinajstić information content (AvgIpc) is 1.97. The summed E-state index contributed by atoms with van der Waals surface area (Å²) in [5.74, 6) is -0.424. The van der Waals surface area contributed by atoms with Gasteiger partial charge in [0.05, 0.1) is 0 Å². The normalized spacial score (nSPS) is 21.1. The number of hydrogen-bond acceptors (Lipinski definition) is 4. The first-order valence-electron chi connectivity index (χ1n) is 3.21. The first kappa shape index (κ1) is 7.78. The van der Waals surface area contributed by atoms with Gasteiger partial charge in [-0.3, -0.25) is 0 Å². The Balaban J connectivity index is 2.89. The summed E-state index contributed by atoms with van der Waals surface area (Å²) in [6.45, 7) is 2.12. The maximum atomic E-state index is 10.9. The van der Waals surface area contributed by atoms with E-state index in [-0.39, 0.29) is 5.71 Å². The molecule has 4 heteroatoms. The second-order valence-corrected chi connectivity index (χ2v) is 2.11. The van der Waals surface area contributed by atoms with Gasteiger partial charge < -0.3 is 9.57 Å². The van der Waals surface area contributed by atoms with Crippen LogP contribution in [0.15, 0.2) is 16.8 Å². The van der Waals surface area contributed by atoms with Crippen molar-refractivity contribution in [2.75, 3.05) is 13.7 Å². The van der Waals surface area contributed by atoms with Crippen molar-refractivity contribution in [1.82, 2.24) is 0 Å². The molecule has 0 radical (unpaired) electrons. The van der Waals surface area contributed by atoms with Crippen molar-refractivity contribution >= 4 is 11.7 Å². The quantitative estimate of drug-likeness (QED) is 0.409. The number of cyclic esters (lactones) is 1. The standard InChI is InChI=1S/C7H9NO3/c1-5-3-4-11-7(9)6(5)8-10-2/h3H,4H2,1-2H3/b8-6-. The molecule has 0 bridgehead atoms. The van der Waals surface area contributed by atoms with E-state index in [9.17, 15) is 4.79 Å². The molecule has 0 saturated heterocycles. The minimum absolute atomic E-state index is 0.249. The largest absolute Gasteiger partial charge is 0.457 e. The van der Waals surface area contributed by atoms with Gasteiger partial charge in [-0.2, -0.15) is 0 Å². The molecular formula is C7H9NO3. The van der Waals surface area contributed by atoms with Crippen LogP contribution in [0.3, 0.4) is 0 Å². The molecular weight excluding hydrogens is 146 g/mol. The van der Waals surface area contributed by atoms with Gasteiger partial charge in [-0.1, -0.05) is 5.16 Å². The molecule has 0 saturated carbocycles. The molecule has 0 aromatic carbocycles. The Bertz CT molecular complexity index is 230. The van der Waals surface area contributed by atoms with Crippen LogP contribution in [0, 0.1) is 0 Å². The van der Waals surface area contributed by atoms with Crippen LogP contribution in [0.25, 0.3) is 0 Å². The van der Waals surface area contributed by atoms with E-state index in [1.54, 1.807) is 13.0 Å². The fourth-order valence-corrected chi connectivity index (χ4v) is 0.769. The molecule has 0 amide bonds. The summed E-state index contributed by atoms with van der Waals surface area (Å²) in [5, 5.41) is 3.52. The zero-order valence-electron chi connectivity index (χ0n) is 6.46. The molecule has 0 aromatic rings. The summed E-state index contributed by atoms with van der Waals surface area (Å²) >= 11 is 0. The fraction of sp³-hybridized carbons (Fsp3) is 0.429. The van der Waals surface area contributed by atoms with Crippen molar-refractivity contribution in [3.63, 3.8) is 0 Å². The highest BCUT2D eigenvalue weighted by Crippen LogP contribution is 2.05. The second kappa shape index (κ2) is 3.18. The molecule has 0 unspecified atom stereocenters. The maximum absolute atomic E-state index is 10.9. The van der Waals surface area contributed by atoms with Crippen LogP contribution in [0.5, 0.6) is 0 Å². The Morgan fingerprint density at radius 1 is 1.73 bits per heavy atom. The van der Waals surface area contributed by atoms with E-state index in [2.05, 4.69) is 14.7 Å². The first-order chi connectivity index (χ1) is 5.25. The Morgan fingerprint density at radius 2 is 2.45 bits per heavy atom. The highest BCUT2D eigenvalue weighted by molar-refractivity contribution is 6.43. The summed E-state index contributed by atoms with van der Waals surface area (Å²) in [6, 6.07) is 0. The number of carbonyl (C=O) groups is 1. The lowest BCUT2D eigenvalue weighted by atomic mass is 10.1. The summed E-state index contributed by atoms with van der Waals surface area (Å²) in [7, 11) is 1.39. The highest BCUT2D eigenvalue weighted by atomic mass is 16.6. The fourth-order valence-electron chi connectivity index (χ4n) is 0.769. The minimum Gasteiger partial charge on any atom is -0.457 e. The zero-order valence-corrected chi connectivity index (χ0v) is 6.46. The van der Waals surface area contributed by atoms with Gasteiger partial charge >= 0.3 is 5.97 Å². The predicted octanol–water partition coefficient (Wildman–Crippen LogP) is 0.492. The second-order valence-electron chi connectivity index (χ2n) is 2.11. The third-order valence-electron chi connectivity index (χ3n) is 1.35. The monoisotopic (exact) mass is 155 g/mol. The van der Waals surface area contributed by atoms with Gasteiger partial charge in [-0.25, -0.2) is 4.79 Å². The summed E-state index contributed by atoms with van der Waals surface area (Å²) in [4.78, 5) is 15.4. The molecule has 0 N–H and O–H groups in total. The molecule has 0 spiro atoms. The average molecular weight is 155 g/mol. The van der Waals surface area contributed by atoms with E-state index in [4.69, 9.17) is 0 Å². The number of hydrogen-bond donors (Lipinski definition) is 0. The maximum Gasteiger partial charge on any atom is 0.360 e. The van der Waals surface area contributed by atoms with Gasteiger partial charge in [0.1, 0.15) is 13.7 Å². The van der Waals surface area contributed by atoms with E-state index in [0.717, 1.165) is 5.57 Å². The van der Waals surface area contributed by atoms with Crippen molar-refractivity contribution in [2.45, 2.75) is 6.92 Å². The van der Waals surface area contributed by atoms with Crippen LogP contribution in [-0.4, -0.2) is 25.4 Å². The molecule has 1 aliphatic rings. The molecule has 1 heterocycles. The number of nitrogens with zero attached hydrogens (tertiary/aromatic N) is 1. The molecule has 0 aliphatic carbocycles. The molecule has 60 valence electrons. The van der Waals surface area contributed by atoms with E-state index < -0.39 is 5.97 Å². The van der Waals surface area contributed by atoms with E-state index in [0.29, 0.717) is 6.61 Å². The Kier molecular flexibility index (Phi) is 2.25. The van der Waals surface area contributed by atoms with Crippen molar-refractivity contribution in [1.29, 1.82) is 0 Å². The molecule has 0 fully saturated rings. The topological polar surface area (TPSA) is 47.9 Å². The van der Waals surface area contributed by atoms with Gasteiger partial charge in [-0.15, -0.1) is 0 Å². The first-order valence-corrected chi connectivity index (χ1v) is 3.21. The number of rotatable bonds is 1. The van der Waals surface area contributed by atoms with E-state index >= 15 is 0 Å². The molecule has 4 nitrogen and oxygen atoms in total. The van der Waals surface area contributed by atoms with Gasteiger partial charge in [-0.05, 0) is 18.6 Å². The van der Waals surface area contributed by atoms with Crippen LogP contribution in [0.1, 0.15) is 6.92 Å². The van der Waals surface area contributed by atoms with Gasteiger partial charge in [0.2, 0.25) is 0 Å². The van der Waals surface area contributed by atoms with Crippen LogP contribution in [-0.2, 0) is 14.4 Å². The Labute approximate surface area is 64.5 Å². The lowest BCUT2D eigenvalue weighted by molar-refractivity contribution is -0.134. The van der Waals surface area contributed by atoms with E-state index in [1.807, 2.05) is 0 Å². The third kappa shape index (κ3) is 1.58. The van der Waals surface area contributed by atoms with Crippen LogP contribution in [0.4, 0.5) is 0 Å². The summed E-state index contributed by atoms with van der Waals surface area (Å²) in [5.41, 5.74) is 1.04. The van der Waals surface area contributed by atoms with Gasteiger partial charge in [0.15, 0.2) is 5.71 Å². The molecule has 0 atom stereocenters. The van der Waals surface area contributed by atoms with Crippen molar-refractivity contribution in [3.05, 3.63) is 11.6 Å². The van der Waals surface area contributed by atoms with Crippen LogP contribution in [0.2, 0.25) is 0 Å².